The predicted octanol–water partition coefficient (Wildman–Crippen LogP) is 4.75. The third kappa shape index (κ3) is 3.32. The van der Waals surface area contributed by atoms with Crippen molar-refractivity contribution < 1.29 is 13.9 Å². The van der Waals surface area contributed by atoms with Gasteiger partial charge in [0.15, 0.2) is 5.78 Å². The summed E-state index contributed by atoms with van der Waals surface area (Å²) >= 11 is 0. The minimum Gasteiger partial charge on any atom is -0.497 e. The number of nitrogens with one attached hydrogen (secondary N) is 2. The van der Waals surface area contributed by atoms with Crippen molar-refractivity contribution in [2.24, 2.45) is 0 Å². The highest BCUT2D eigenvalue weighted by molar-refractivity contribution is 6.11. The lowest BCUT2D eigenvalue weighted by Crippen LogP contribution is -2.21. The summed E-state index contributed by atoms with van der Waals surface area (Å²) in [5.74, 6) is 0.0967. The highest BCUT2D eigenvalue weighted by Crippen LogP contribution is 2.29. The number of ketones is 1. The van der Waals surface area contributed by atoms with Gasteiger partial charge in [0.2, 0.25) is 0 Å². The van der Waals surface area contributed by atoms with Crippen molar-refractivity contribution >= 4 is 22.4 Å². The van der Waals surface area contributed by atoms with E-state index in [-0.39, 0.29) is 5.78 Å². The van der Waals surface area contributed by atoms with Crippen LogP contribution in [0.5, 0.6) is 5.75 Å². The molecule has 2 aromatic heterocycles. The number of carbonyl (C=O) groups excluding carboxylic acids is 1. The van der Waals surface area contributed by atoms with Gasteiger partial charge in [0.05, 0.1) is 12.6 Å². The molecular weight excluding hydrogens is 357 g/mol. The average molecular weight is 375 g/mol. The molecule has 2 heterocycles. The maximum absolute atomic E-state index is 14.0. The normalized spacial score (nSPS) is 11.9. The quantitative estimate of drug-likeness (QED) is 0.478. The van der Waals surface area contributed by atoms with Crippen molar-refractivity contribution in [2.45, 2.75) is 6.04 Å². The molecule has 5 nitrogen and oxygen atoms in total. The number of para-hydroxylation sites is 1. The van der Waals surface area contributed by atoms with E-state index in [1.165, 1.54) is 6.07 Å². The number of fused-ring (bicyclic) bond motifs is 1. The first-order chi connectivity index (χ1) is 13.7. The van der Waals surface area contributed by atoms with Gasteiger partial charge in [-0.05, 0) is 24.3 Å². The third-order valence-electron chi connectivity index (χ3n) is 4.59. The summed E-state index contributed by atoms with van der Waals surface area (Å²) in [7, 11) is 1.59. The molecule has 140 valence electrons. The van der Waals surface area contributed by atoms with Crippen LogP contribution in [0.25, 0.3) is 10.9 Å². The van der Waals surface area contributed by atoms with Crippen LogP contribution < -0.4 is 10.1 Å². The Morgan fingerprint density at radius 1 is 1.18 bits per heavy atom. The number of pyridine rings is 1. The Labute approximate surface area is 161 Å². The molecule has 0 bridgehead atoms. The number of benzene rings is 2. The second-order valence-corrected chi connectivity index (χ2v) is 6.32. The minimum atomic E-state index is -0.692. The van der Waals surface area contributed by atoms with Gasteiger partial charge in [-0.1, -0.05) is 24.3 Å². The van der Waals surface area contributed by atoms with Crippen LogP contribution in [0.1, 0.15) is 22.0 Å². The third-order valence-corrected chi connectivity index (χ3v) is 4.59. The van der Waals surface area contributed by atoms with E-state index in [1.54, 1.807) is 43.9 Å². The lowest BCUT2D eigenvalue weighted by molar-refractivity contribution is 0.0971. The zero-order valence-electron chi connectivity index (χ0n) is 15.1. The van der Waals surface area contributed by atoms with E-state index >= 15 is 0 Å². The molecule has 0 saturated heterocycles. The topological polar surface area (TPSA) is 67.0 Å². The molecule has 1 unspecified atom stereocenters. The van der Waals surface area contributed by atoms with E-state index < -0.39 is 11.9 Å². The zero-order valence-corrected chi connectivity index (χ0v) is 15.1. The first kappa shape index (κ1) is 17.7. The van der Waals surface area contributed by atoms with E-state index in [1.807, 2.05) is 30.3 Å². The Morgan fingerprint density at radius 3 is 2.82 bits per heavy atom. The van der Waals surface area contributed by atoms with E-state index in [0.717, 1.165) is 5.69 Å². The summed E-state index contributed by atoms with van der Waals surface area (Å²) < 4.78 is 19.3. The number of anilines is 1. The molecule has 0 aliphatic rings. The van der Waals surface area contributed by atoms with Crippen molar-refractivity contribution in [3.63, 3.8) is 0 Å². The van der Waals surface area contributed by atoms with Gasteiger partial charge in [-0.15, -0.1) is 0 Å². The van der Waals surface area contributed by atoms with Crippen LogP contribution in [-0.4, -0.2) is 22.9 Å². The largest absolute Gasteiger partial charge is 0.497 e. The molecule has 4 rings (SSSR count). The molecule has 0 aliphatic carbocycles. The number of halogens is 1. The van der Waals surface area contributed by atoms with Gasteiger partial charge >= 0.3 is 0 Å². The van der Waals surface area contributed by atoms with Gasteiger partial charge in [0.1, 0.15) is 17.6 Å². The second kappa shape index (κ2) is 7.52. The molecule has 2 N–H and O–H groups in total. The Hall–Kier alpha value is -3.67. The molecule has 4 aromatic rings. The monoisotopic (exact) mass is 375 g/mol. The van der Waals surface area contributed by atoms with Crippen LogP contribution in [0.4, 0.5) is 10.1 Å². The van der Waals surface area contributed by atoms with Crippen LogP contribution in [0, 0.1) is 5.82 Å². The van der Waals surface area contributed by atoms with E-state index in [9.17, 15) is 9.18 Å². The summed E-state index contributed by atoms with van der Waals surface area (Å²) in [5, 5.41) is 3.81. The molecule has 1 atom stereocenters. The summed E-state index contributed by atoms with van der Waals surface area (Å²) in [6, 6.07) is 14.9. The van der Waals surface area contributed by atoms with Gasteiger partial charge in [-0.25, -0.2) is 4.39 Å². The first-order valence-corrected chi connectivity index (χ1v) is 8.77. The molecule has 6 heteroatoms. The van der Waals surface area contributed by atoms with E-state index in [4.69, 9.17) is 4.74 Å². The molecule has 2 aromatic carbocycles. The van der Waals surface area contributed by atoms with Crippen molar-refractivity contribution in [1.82, 2.24) is 9.97 Å². The van der Waals surface area contributed by atoms with Gasteiger partial charge in [-0.3, -0.25) is 9.78 Å². The van der Waals surface area contributed by atoms with Crippen molar-refractivity contribution in [3.8, 4) is 5.75 Å². The standard InChI is InChI=1S/C22H18FN3O2/c1-28-16-7-2-6-15(11-16)26-20(14-5-4-10-24-12-14)22(27)18-13-25-21-17(18)8-3-9-19(21)23/h2-13,20,25-26H,1H3. The Balaban J connectivity index is 1.76. The number of aromatic nitrogens is 2. The molecule has 0 saturated carbocycles. The van der Waals surface area contributed by atoms with Gasteiger partial charge in [0.25, 0.3) is 0 Å². The number of Topliss-reactive ketones (excluding diaryl/α,β-unsaturated/α-hetero) is 1. The molecule has 28 heavy (non-hydrogen) atoms. The fourth-order valence-electron chi connectivity index (χ4n) is 3.20. The summed E-state index contributed by atoms with van der Waals surface area (Å²) in [5.41, 5.74) is 2.17. The fourth-order valence-corrected chi connectivity index (χ4v) is 3.20. The van der Waals surface area contributed by atoms with Crippen LogP contribution in [-0.2, 0) is 0 Å². The number of hydrogen-bond donors (Lipinski definition) is 2. The number of H-pyrrole nitrogens is 1. The van der Waals surface area contributed by atoms with Gasteiger partial charge in [0, 0.05) is 46.9 Å². The molecule has 0 aliphatic heterocycles. The molecule has 0 radical (unpaired) electrons. The van der Waals surface area contributed by atoms with Crippen molar-refractivity contribution in [1.29, 1.82) is 0 Å². The number of hydrogen-bond acceptors (Lipinski definition) is 4. The fraction of sp³-hybridized carbons (Fsp3) is 0.0909. The maximum atomic E-state index is 14.0. The van der Waals surface area contributed by atoms with Crippen molar-refractivity contribution in [2.75, 3.05) is 12.4 Å². The van der Waals surface area contributed by atoms with Crippen LogP contribution >= 0.6 is 0 Å². The van der Waals surface area contributed by atoms with Crippen LogP contribution in [0.2, 0.25) is 0 Å². The number of ether oxygens (including phenoxy) is 1. The number of nitrogens with zero attached hydrogens (tertiary/aromatic N) is 1. The lowest BCUT2D eigenvalue weighted by Gasteiger charge is -2.19. The SMILES string of the molecule is COc1cccc(NC(C(=O)c2c[nH]c3c(F)cccc23)c2cccnc2)c1. The number of aromatic amines is 1. The number of methoxy groups -OCH3 is 1. The number of carbonyl (C=O) groups is 1. The minimum absolute atomic E-state index is 0.187. The molecule has 0 spiro atoms. The van der Waals surface area contributed by atoms with E-state index in [2.05, 4.69) is 15.3 Å². The highest BCUT2D eigenvalue weighted by Gasteiger charge is 2.25. The van der Waals surface area contributed by atoms with E-state index in [0.29, 0.717) is 27.8 Å². The predicted molar refractivity (Wildman–Crippen MR) is 106 cm³/mol. The zero-order chi connectivity index (χ0) is 19.5. The average Bonchev–Trinajstić information content (AvgIpc) is 3.18. The Kier molecular flexibility index (Phi) is 4.76. The first-order valence-electron chi connectivity index (χ1n) is 8.77. The smallest absolute Gasteiger partial charge is 0.191 e. The summed E-state index contributed by atoms with van der Waals surface area (Å²) in [6.07, 6.45) is 4.84. The second-order valence-electron chi connectivity index (χ2n) is 6.32. The summed E-state index contributed by atoms with van der Waals surface area (Å²) in [4.78, 5) is 20.4. The molecular formula is C22H18FN3O2. The Morgan fingerprint density at radius 2 is 2.04 bits per heavy atom. The van der Waals surface area contributed by atoms with Crippen LogP contribution in [0.15, 0.2) is 73.2 Å². The molecule has 0 fully saturated rings. The van der Waals surface area contributed by atoms with Crippen LogP contribution in [0.3, 0.4) is 0 Å². The number of rotatable bonds is 6. The maximum Gasteiger partial charge on any atom is 0.191 e. The van der Waals surface area contributed by atoms with Crippen molar-refractivity contribution in [3.05, 3.63) is 90.1 Å². The lowest BCUT2D eigenvalue weighted by atomic mass is 9.97. The summed E-state index contributed by atoms with van der Waals surface area (Å²) in [6.45, 7) is 0. The van der Waals surface area contributed by atoms with Gasteiger partial charge < -0.3 is 15.0 Å². The highest BCUT2D eigenvalue weighted by atomic mass is 19.1. The Bertz CT molecular complexity index is 1130. The molecule has 0 amide bonds. The van der Waals surface area contributed by atoms with Gasteiger partial charge in [-0.2, -0.15) is 0 Å².